The Hall–Kier alpha value is -4.38. The summed E-state index contributed by atoms with van der Waals surface area (Å²) >= 11 is 0. The molecule has 0 saturated heterocycles. The molecular formula is C31H29NO4. The summed E-state index contributed by atoms with van der Waals surface area (Å²) in [5.41, 5.74) is 3.57. The second-order valence-corrected chi connectivity index (χ2v) is 8.45. The van der Waals surface area contributed by atoms with Crippen LogP contribution in [0.5, 0.6) is 0 Å². The Labute approximate surface area is 211 Å². The number of amides is 1. The SMILES string of the molecule is O=C(OCc1ccccc1)[C@H](Cc1ccccc1)N(Cc1ccccc1)C(=O)OCc1ccccc1. The molecule has 36 heavy (non-hydrogen) atoms. The lowest BCUT2D eigenvalue weighted by Crippen LogP contribution is -2.47. The Morgan fingerprint density at radius 3 is 1.47 bits per heavy atom. The zero-order valence-electron chi connectivity index (χ0n) is 20.0. The summed E-state index contributed by atoms with van der Waals surface area (Å²) in [4.78, 5) is 28.4. The first-order chi connectivity index (χ1) is 17.7. The minimum Gasteiger partial charge on any atom is -0.459 e. The average molecular weight is 480 g/mol. The van der Waals surface area contributed by atoms with Crippen LogP contribution in [0, 0.1) is 0 Å². The van der Waals surface area contributed by atoms with Crippen LogP contribution >= 0.6 is 0 Å². The third-order valence-electron chi connectivity index (χ3n) is 5.78. The van der Waals surface area contributed by atoms with E-state index in [1.807, 2.05) is 121 Å². The maximum absolute atomic E-state index is 13.5. The molecule has 0 aliphatic carbocycles. The van der Waals surface area contributed by atoms with Crippen molar-refractivity contribution in [2.45, 2.75) is 32.2 Å². The van der Waals surface area contributed by atoms with Gasteiger partial charge in [0.25, 0.3) is 0 Å². The summed E-state index contributed by atoms with van der Waals surface area (Å²) in [7, 11) is 0. The van der Waals surface area contributed by atoms with Gasteiger partial charge in [0, 0.05) is 13.0 Å². The third kappa shape index (κ3) is 7.31. The molecule has 1 atom stereocenters. The first kappa shape index (κ1) is 24.7. The Bertz CT molecular complexity index is 1120. The Morgan fingerprint density at radius 1 is 0.556 bits per heavy atom. The molecule has 0 spiro atoms. The molecule has 0 unspecified atom stereocenters. The number of hydrogen-bond acceptors (Lipinski definition) is 4. The van der Waals surface area contributed by atoms with Crippen LogP contribution in [0.3, 0.4) is 0 Å². The van der Waals surface area contributed by atoms with Crippen LogP contribution in [-0.2, 0) is 40.4 Å². The summed E-state index contributed by atoms with van der Waals surface area (Å²) in [6.45, 7) is 0.456. The highest BCUT2D eigenvalue weighted by molar-refractivity contribution is 5.82. The van der Waals surface area contributed by atoms with Crippen molar-refractivity contribution in [3.05, 3.63) is 144 Å². The normalized spacial score (nSPS) is 11.3. The summed E-state index contributed by atoms with van der Waals surface area (Å²) in [5.74, 6) is -0.477. The lowest BCUT2D eigenvalue weighted by Gasteiger charge is -2.30. The van der Waals surface area contributed by atoms with E-state index in [0.29, 0.717) is 6.42 Å². The number of nitrogens with zero attached hydrogens (tertiary/aromatic N) is 1. The minimum atomic E-state index is -0.861. The number of carbonyl (C=O) groups is 2. The van der Waals surface area contributed by atoms with Gasteiger partial charge in [-0.2, -0.15) is 0 Å². The Balaban J connectivity index is 1.59. The summed E-state index contributed by atoms with van der Waals surface area (Å²) in [6, 6.07) is 37.3. The number of carbonyl (C=O) groups excluding carboxylic acids is 2. The van der Waals surface area contributed by atoms with Crippen molar-refractivity contribution in [3.63, 3.8) is 0 Å². The fourth-order valence-electron chi connectivity index (χ4n) is 3.87. The van der Waals surface area contributed by atoms with Crippen molar-refractivity contribution in [3.8, 4) is 0 Å². The van der Waals surface area contributed by atoms with Gasteiger partial charge in [0.15, 0.2) is 0 Å². The molecule has 182 valence electrons. The molecule has 4 aromatic rings. The van der Waals surface area contributed by atoms with Crippen molar-refractivity contribution in [1.82, 2.24) is 4.90 Å². The number of ether oxygens (including phenoxy) is 2. The van der Waals surface area contributed by atoms with Gasteiger partial charge in [0.05, 0.1) is 0 Å². The van der Waals surface area contributed by atoms with Gasteiger partial charge in [-0.15, -0.1) is 0 Å². The summed E-state index contributed by atoms with van der Waals surface area (Å²) < 4.78 is 11.4. The van der Waals surface area contributed by atoms with Gasteiger partial charge in [-0.25, -0.2) is 9.59 Å². The first-order valence-corrected chi connectivity index (χ1v) is 11.9. The molecule has 0 fully saturated rings. The van der Waals surface area contributed by atoms with Gasteiger partial charge < -0.3 is 9.47 Å². The summed E-state index contributed by atoms with van der Waals surface area (Å²) in [6.07, 6.45) is -0.262. The molecule has 5 nitrogen and oxygen atoms in total. The molecule has 0 saturated carbocycles. The predicted molar refractivity (Wildman–Crippen MR) is 139 cm³/mol. The fourth-order valence-corrected chi connectivity index (χ4v) is 3.87. The van der Waals surface area contributed by atoms with Gasteiger partial charge in [-0.3, -0.25) is 4.90 Å². The second kappa shape index (κ2) is 12.9. The van der Waals surface area contributed by atoms with Gasteiger partial charge >= 0.3 is 12.1 Å². The lowest BCUT2D eigenvalue weighted by molar-refractivity contribution is -0.151. The van der Waals surface area contributed by atoms with Crippen LogP contribution in [0.25, 0.3) is 0 Å². The molecule has 0 radical (unpaired) electrons. The average Bonchev–Trinajstić information content (AvgIpc) is 2.94. The van der Waals surface area contributed by atoms with Crippen LogP contribution in [-0.4, -0.2) is 23.0 Å². The van der Waals surface area contributed by atoms with Gasteiger partial charge in [0.1, 0.15) is 19.3 Å². The van der Waals surface area contributed by atoms with Gasteiger partial charge in [0.2, 0.25) is 0 Å². The number of benzene rings is 4. The standard InChI is InChI=1S/C31H29NO4/c33-30(35-23-27-17-9-3-10-18-27)29(21-25-13-5-1-6-14-25)32(22-26-15-7-2-8-16-26)31(34)36-24-28-19-11-4-12-20-28/h1-20,29H,21-24H2/t29-/m0/s1. The maximum atomic E-state index is 13.5. The molecule has 0 aliphatic heterocycles. The van der Waals surface area contributed by atoms with E-state index in [2.05, 4.69) is 0 Å². The molecule has 4 aromatic carbocycles. The zero-order chi connectivity index (χ0) is 25.0. The highest BCUT2D eigenvalue weighted by Crippen LogP contribution is 2.18. The minimum absolute atomic E-state index is 0.113. The highest BCUT2D eigenvalue weighted by Gasteiger charge is 2.33. The monoisotopic (exact) mass is 479 g/mol. The summed E-state index contributed by atoms with van der Waals surface area (Å²) in [5, 5.41) is 0. The van der Waals surface area contributed by atoms with E-state index in [9.17, 15) is 9.59 Å². The van der Waals surface area contributed by atoms with Crippen molar-refractivity contribution < 1.29 is 19.1 Å². The van der Waals surface area contributed by atoms with Crippen molar-refractivity contribution >= 4 is 12.1 Å². The van der Waals surface area contributed by atoms with Crippen LogP contribution < -0.4 is 0 Å². The highest BCUT2D eigenvalue weighted by atomic mass is 16.6. The molecule has 5 heteroatoms. The van der Waals surface area contributed by atoms with Crippen LogP contribution in [0.15, 0.2) is 121 Å². The van der Waals surface area contributed by atoms with Crippen molar-refractivity contribution in [2.75, 3.05) is 0 Å². The topological polar surface area (TPSA) is 55.8 Å². The largest absolute Gasteiger partial charge is 0.459 e. The zero-order valence-corrected chi connectivity index (χ0v) is 20.0. The molecule has 0 aliphatic rings. The quantitative estimate of drug-likeness (QED) is 0.255. The first-order valence-electron chi connectivity index (χ1n) is 11.9. The Kier molecular flexibility index (Phi) is 8.87. The van der Waals surface area contributed by atoms with Crippen LogP contribution in [0.4, 0.5) is 4.79 Å². The third-order valence-corrected chi connectivity index (χ3v) is 5.78. The number of esters is 1. The predicted octanol–water partition coefficient (Wildman–Crippen LogP) is 6.18. The van der Waals surface area contributed by atoms with Crippen molar-refractivity contribution in [1.29, 1.82) is 0 Å². The lowest BCUT2D eigenvalue weighted by atomic mass is 10.0. The number of hydrogen-bond donors (Lipinski definition) is 0. The molecule has 1 amide bonds. The van der Waals surface area contributed by atoms with Crippen molar-refractivity contribution in [2.24, 2.45) is 0 Å². The van der Waals surface area contributed by atoms with Gasteiger partial charge in [-0.1, -0.05) is 121 Å². The van der Waals surface area contributed by atoms with E-state index in [1.54, 1.807) is 0 Å². The fraction of sp³-hybridized carbons (Fsp3) is 0.161. The van der Waals surface area contributed by atoms with E-state index < -0.39 is 18.1 Å². The molecule has 0 heterocycles. The van der Waals surface area contributed by atoms with E-state index in [1.165, 1.54) is 4.90 Å². The molecule has 0 aromatic heterocycles. The second-order valence-electron chi connectivity index (χ2n) is 8.45. The van der Waals surface area contributed by atoms with Gasteiger partial charge in [-0.05, 0) is 22.3 Å². The van der Waals surface area contributed by atoms with E-state index in [0.717, 1.165) is 22.3 Å². The van der Waals surface area contributed by atoms with Crippen LogP contribution in [0.2, 0.25) is 0 Å². The maximum Gasteiger partial charge on any atom is 0.411 e. The molecule has 0 N–H and O–H groups in total. The number of rotatable bonds is 10. The Morgan fingerprint density at radius 2 is 0.972 bits per heavy atom. The van der Waals surface area contributed by atoms with E-state index in [-0.39, 0.29) is 19.8 Å². The molecule has 0 bridgehead atoms. The van der Waals surface area contributed by atoms with Crippen LogP contribution in [0.1, 0.15) is 22.3 Å². The molecule has 4 rings (SSSR count). The van der Waals surface area contributed by atoms with E-state index >= 15 is 0 Å². The van der Waals surface area contributed by atoms with E-state index in [4.69, 9.17) is 9.47 Å². The smallest absolute Gasteiger partial charge is 0.411 e. The molecular weight excluding hydrogens is 450 g/mol.